The molecule has 3 rings (SSSR count). The van der Waals surface area contributed by atoms with Gasteiger partial charge < -0.3 is 15.6 Å². The van der Waals surface area contributed by atoms with Crippen LogP contribution in [0.25, 0.3) is 5.82 Å². The van der Waals surface area contributed by atoms with E-state index >= 15 is 0 Å². The molecule has 3 aromatic rings. The van der Waals surface area contributed by atoms with E-state index in [1.54, 1.807) is 29.8 Å². The van der Waals surface area contributed by atoms with Crippen molar-refractivity contribution < 1.29 is 9.59 Å². The topological polar surface area (TPSA) is 108 Å². The Morgan fingerprint density at radius 3 is 2.61 bits per heavy atom. The minimum Gasteiger partial charge on any atom is -0.364 e. The van der Waals surface area contributed by atoms with Crippen molar-refractivity contribution in [2.45, 2.75) is 0 Å². The zero-order chi connectivity index (χ0) is 16.4. The first kappa shape index (κ1) is 14.5. The Morgan fingerprint density at radius 2 is 1.91 bits per heavy atom. The minimum atomic E-state index is -0.713. The van der Waals surface area contributed by atoms with Gasteiger partial charge in [0.05, 0.1) is 5.69 Å². The number of aromatic nitrogens is 4. The fourth-order valence-corrected chi connectivity index (χ4v) is 2.13. The van der Waals surface area contributed by atoms with Crippen LogP contribution >= 0.6 is 0 Å². The van der Waals surface area contributed by atoms with Crippen LogP contribution < -0.4 is 11.1 Å². The second kappa shape index (κ2) is 5.76. The Balaban J connectivity index is 1.87. The Hall–Kier alpha value is -3.42. The van der Waals surface area contributed by atoms with Crippen molar-refractivity contribution in [3.05, 3.63) is 60.3 Å². The summed E-state index contributed by atoms with van der Waals surface area (Å²) in [7, 11) is 1.63. The van der Waals surface area contributed by atoms with Gasteiger partial charge >= 0.3 is 0 Å². The molecule has 2 amide bonds. The van der Waals surface area contributed by atoms with E-state index in [-0.39, 0.29) is 17.1 Å². The first-order valence-corrected chi connectivity index (χ1v) is 6.80. The number of amides is 2. The second-order valence-corrected chi connectivity index (χ2v) is 4.85. The number of nitrogens with one attached hydrogen (secondary N) is 1. The molecular formula is C15H14N6O2. The molecule has 3 N–H and O–H groups in total. The van der Waals surface area contributed by atoms with Gasteiger partial charge in [0.15, 0.2) is 5.69 Å². The number of pyridine rings is 1. The zero-order valence-corrected chi connectivity index (χ0v) is 12.3. The normalized spacial score (nSPS) is 10.5. The average molecular weight is 310 g/mol. The molecule has 23 heavy (non-hydrogen) atoms. The van der Waals surface area contributed by atoms with Gasteiger partial charge in [0.2, 0.25) is 0 Å². The van der Waals surface area contributed by atoms with Crippen LogP contribution in [0.3, 0.4) is 0 Å². The molecule has 3 heterocycles. The second-order valence-electron chi connectivity index (χ2n) is 4.85. The smallest absolute Gasteiger partial charge is 0.274 e. The van der Waals surface area contributed by atoms with Crippen molar-refractivity contribution in [2.75, 3.05) is 5.32 Å². The van der Waals surface area contributed by atoms with E-state index in [0.29, 0.717) is 5.82 Å². The molecule has 116 valence electrons. The summed E-state index contributed by atoms with van der Waals surface area (Å²) in [6, 6.07) is 8.83. The van der Waals surface area contributed by atoms with E-state index < -0.39 is 11.8 Å². The number of hydrogen-bond donors (Lipinski definition) is 2. The van der Waals surface area contributed by atoms with Crippen LogP contribution in [-0.4, -0.2) is 31.1 Å². The minimum absolute atomic E-state index is 0.00224. The van der Waals surface area contributed by atoms with Crippen LogP contribution in [-0.2, 0) is 7.05 Å². The van der Waals surface area contributed by atoms with Crippen molar-refractivity contribution in [3.8, 4) is 5.82 Å². The van der Waals surface area contributed by atoms with E-state index in [9.17, 15) is 9.59 Å². The van der Waals surface area contributed by atoms with Crippen molar-refractivity contribution in [3.63, 3.8) is 0 Å². The lowest BCUT2D eigenvalue weighted by atomic mass is 10.3. The summed E-state index contributed by atoms with van der Waals surface area (Å²) in [6.07, 6.45) is 5.17. The number of carbonyl (C=O) groups excluding carboxylic acids is 2. The Labute approximate surface area is 131 Å². The molecule has 0 fully saturated rings. The summed E-state index contributed by atoms with van der Waals surface area (Å²) >= 11 is 0. The van der Waals surface area contributed by atoms with Gasteiger partial charge in [0, 0.05) is 25.6 Å². The quantitative estimate of drug-likeness (QED) is 0.748. The van der Waals surface area contributed by atoms with Crippen LogP contribution in [0.4, 0.5) is 5.69 Å². The zero-order valence-electron chi connectivity index (χ0n) is 12.3. The predicted octanol–water partition coefficient (Wildman–Crippen LogP) is 0.957. The first-order chi connectivity index (χ1) is 11.0. The maximum atomic E-state index is 12.3. The summed E-state index contributed by atoms with van der Waals surface area (Å²) in [5.41, 5.74) is 5.71. The van der Waals surface area contributed by atoms with E-state index in [1.807, 2.05) is 24.5 Å². The van der Waals surface area contributed by atoms with Crippen LogP contribution in [0.1, 0.15) is 21.0 Å². The summed E-state index contributed by atoms with van der Waals surface area (Å²) in [5.74, 6) is -0.548. The molecule has 3 aromatic heterocycles. The number of carbonyl (C=O) groups is 2. The van der Waals surface area contributed by atoms with Crippen LogP contribution in [0.5, 0.6) is 0 Å². The maximum absolute atomic E-state index is 12.3. The molecular weight excluding hydrogens is 296 g/mol. The largest absolute Gasteiger partial charge is 0.364 e. The fourth-order valence-electron chi connectivity index (χ4n) is 2.13. The summed E-state index contributed by atoms with van der Waals surface area (Å²) in [5, 5.41) is 6.52. The molecule has 0 aromatic carbocycles. The van der Waals surface area contributed by atoms with Gasteiger partial charge in [-0.2, -0.15) is 5.10 Å². The average Bonchev–Trinajstić information content (AvgIpc) is 3.17. The fraction of sp³-hybridized carbons (Fsp3) is 0.0667. The molecule has 0 atom stereocenters. The summed E-state index contributed by atoms with van der Waals surface area (Å²) in [6.45, 7) is 0. The highest BCUT2D eigenvalue weighted by molar-refractivity contribution is 6.07. The van der Waals surface area contributed by atoms with E-state index in [2.05, 4.69) is 15.4 Å². The molecule has 8 nitrogen and oxygen atoms in total. The molecule has 0 aliphatic heterocycles. The Morgan fingerprint density at radius 1 is 1.17 bits per heavy atom. The van der Waals surface area contributed by atoms with Crippen LogP contribution in [0.15, 0.2) is 48.9 Å². The van der Waals surface area contributed by atoms with Gasteiger partial charge in [-0.25, -0.2) is 4.98 Å². The molecule has 0 radical (unpaired) electrons. The van der Waals surface area contributed by atoms with E-state index in [0.717, 1.165) is 0 Å². The first-order valence-electron chi connectivity index (χ1n) is 6.80. The van der Waals surface area contributed by atoms with Gasteiger partial charge in [-0.15, -0.1) is 0 Å². The summed E-state index contributed by atoms with van der Waals surface area (Å²) in [4.78, 5) is 28.0. The lowest BCUT2D eigenvalue weighted by Crippen LogP contribution is -2.19. The number of primary amides is 1. The lowest BCUT2D eigenvalue weighted by Gasteiger charge is -2.06. The third-order valence-electron chi connectivity index (χ3n) is 3.15. The molecule has 0 unspecified atom stereocenters. The highest BCUT2D eigenvalue weighted by Gasteiger charge is 2.17. The molecule has 0 aliphatic carbocycles. The third kappa shape index (κ3) is 2.95. The number of anilines is 1. The number of hydrogen-bond acceptors (Lipinski definition) is 4. The van der Waals surface area contributed by atoms with Gasteiger partial charge in [0.1, 0.15) is 11.5 Å². The highest BCUT2D eigenvalue weighted by Crippen LogP contribution is 2.14. The molecule has 8 heteroatoms. The Kier molecular flexibility index (Phi) is 3.63. The third-order valence-corrected chi connectivity index (χ3v) is 3.15. The predicted molar refractivity (Wildman–Crippen MR) is 83.2 cm³/mol. The SMILES string of the molecule is Cn1cc(NC(=O)c2cccc(-n3cccc3)n2)c(C(N)=O)n1. The van der Waals surface area contributed by atoms with E-state index in [4.69, 9.17) is 5.73 Å². The van der Waals surface area contributed by atoms with Crippen LogP contribution in [0, 0.1) is 0 Å². The number of aryl methyl sites for hydroxylation is 1. The Bertz CT molecular complexity index is 866. The van der Waals surface area contributed by atoms with Crippen molar-refractivity contribution in [2.24, 2.45) is 12.8 Å². The van der Waals surface area contributed by atoms with Crippen molar-refractivity contribution >= 4 is 17.5 Å². The number of nitrogens with two attached hydrogens (primary N) is 1. The van der Waals surface area contributed by atoms with Crippen molar-refractivity contribution in [1.29, 1.82) is 0 Å². The molecule has 0 aliphatic rings. The molecule has 0 spiro atoms. The van der Waals surface area contributed by atoms with Gasteiger partial charge in [-0.05, 0) is 24.3 Å². The monoisotopic (exact) mass is 310 g/mol. The lowest BCUT2D eigenvalue weighted by molar-refractivity contribution is 0.0995. The van der Waals surface area contributed by atoms with Crippen molar-refractivity contribution in [1.82, 2.24) is 19.3 Å². The van der Waals surface area contributed by atoms with Gasteiger partial charge in [-0.3, -0.25) is 14.3 Å². The number of rotatable bonds is 4. The summed E-state index contributed by atoms with van der Waals surface area (Å²) < 4.78 is 3.19. The number of nitrogens with zero attached hydrogens (tertiary/aromatic N) is 4. The van der Waals surface area contributed by atoms with Gasteiger partial charge in [0.25, 0.3) is 11.8 Å². The standard InChI is InChI=1S/C15H14N6O2/c1-20-9-11(13(19-20)14(16)22)18-15(23)10-5-4-6-12(17-10)21-7-2-3-8-21/h2-9H,1H3,(H2,16,22)(H,18,23). The maximum Gasteiger partial charge on any atom is 0.274 e. The highest BCUT2D eigenvalue weighted by atomic mass is 16.2. The molecule has 0 saturated carbocycles. The van der Waals surface area contributed by atoms with Gasteiger partial charge in [-0.1, -0.05) is 6.07 Å². The van der Waals surface area contributed by atoms with Crippen LogP contribution in [0.2, 0.25) is 0 Å². The molecule has 0 saturated heterocycles. The van der Waals surface area contributed by atoms with E-state index in [1.165, 1.54) is 10.9 Å². The molecule has 0 bridgehead atoms.